The number of nitrogens with zero attached hydrogens (tertiary/aromatic N) is 1. The summed E-state index contributed by atoms with van der Waals surface area (Å²) in [6, 6.07) is 8.99. The molecule has 0 aliphatic carbocycles. The van der Waals surface area contributed by atoms with Gasteiger partial charge in [0.05, 0.1) is 12.0 Å². The zero-order valence-electron chi connectivity index (χ0n) is 9.38. The van der Waals surface area contributed by atoms with Crippen LogP contribution in [0, 0.1) is 0 Å². The molecule has 4 N–H and O–H groups in total. The molecule has 1 aromatic carbocycles. The SMILES string of the molecule is Nc1nc(-c2ccccc2)[nH]c(=O)c1CC(=O)O. The second-order valence-electron chi connectivity index (χ2n) is 3.71. The molecular weight excluding hydrogens is 234 g/mol. The third-order valence-corrected chi connectivity index (χ3v) is 2.42. The topological polar surface area (TPSA) is 109 Å². The van der Waals surface area contributed by atoms with Crippen LogP contribution in [0.5, 0.6) is 0 Å². The quantitative estimate of drug-likeness (QED) is 0.735. The van der Waals surface area contributed by atoms with E-state index in [1.54, 1.807) is 24.3 Å². The van der Waals surface area contributed by atoms with Gasteiger partial charge in [-0.15, -0.1) is 0 Å². The minimum atomic E-state index is -1.12. The van der Waals surface area contributed by atoms with Gasteiger partial charge in [0.1, 0.15) is 11.6 Å². The second kappa shape index (κ2) is 4.70. The summed E-state index contributed by atoms with van der Waals surface area (Å²) in [6.45, 7) is 0. The van der Waals surface area contributed by atoms with Gasteiger partial charge in [0.15, 0.2) is 0 Å². The Bertz CT molecular complexity index is 635. The number of carbonyl (C=O) groups is 1. The lowest BCUT2D eigenvalue weighted by Gasteiger charge is -2.05. The number of carboxylic acid groups (broad SMARTS) is 1. The molecule has 0 spiro atoms. The third kappa shape index (κ3) is 2.37. The van der Waals surface area contributed by atoms with Crippen LogP contribution in [-0.2, 0) is 11.2 Å². The van der Waals surface area contributed by atoms with Crippen LogP contribution in [0.4, 0.5) is 5.82 Å². The fourth-order valence-corrected chi connectivity index (χ4v) is 1.57. The number of carboxylic acids is 1. The zero-order valence-corrected chi connectivity index (χ0v) is 9.38. The minimum Gasteiger partial charge on any atom is -0.481 e. The van der Waals surface area contributed by atoms with E-state index in [4.69, 9.17) is 10.8 Å². The Balaban J connectivity index is 2.49. The molecule has 0 amide bonds. The van der Waals surface area contributed by atoms with Crippen LogP contribution in [0.25, 0.3) is 11.4 Å². The largest absolute Gasteiger partial charge is 0.481 e. The molecule has 6 nitrogen and oxygen atoms in total. The Labute approximate surface area is 102 Å². The van der Waals surface area contributed by atoms with Gasteiger partial charge in [0.25, 0.3) is 5.56 Å². The summed E-state index contributed by atoms with van der Waals surface area (Å²) in [6.07, 6.45) is -0.441. The number of benzene rings is 1. The lowest BCUT2D eigenvalue weighted by molar-refractivity contribution is -0.136. The molecule has 0 unspecified atom stereocenters. The molecule has 6 heteroatoms. The fraction of sp³-hybridized carbons (Fsp3) is 0.0833. The number of nitrogens with two attached hydrogens (primary N) is 1. The van der Waals surface area contributed by atoms with Gasteiger partial charge in [-0.25, -0.2) is 4.98 Å². The van der Waals surface area contributed by atoms with Gasteiger partial charge in [0.2, 0.25) is 0 Å². The summed E-state index contributed by atoms with van der Waals surface area (Å²) in [5.41, 5.74) is 5.77. The van der Waals surface area contributed by atoms with E-state index in [-0.39, 0.29) is 11.4 Å². The van der Waals surface area contributed by atoms with Crippen LogP contribution < -0.4 is 11.3 Å². The maximum absolute atomic E-state index is 11.7. The molecule has 0 aliphatic heterocycles. The van der Waals surface area contributed by atoms with Crippen molar-refractivity contribution in [3.05, 3.63) is 46.2 Å². The normalized spacial score (nSPS) is 10.2. The number of aromatic nitrogens is 2. The standard InChI is InChI=1S/C12H11N3O3/c13-10-8(6-9(16)17)12(18)15-11(14-10)7-4-2-1-3-5-7/h1-5H,6H2,(H,16,17)(H3,13,14,15,18). The number of hydrogen-bond acceptors (Lipinski definition) is 4. The number of rotatable bonds is 3. The molecule has 2 rings (SSSR count). The Kier molecular flexibility index (Phi) is 3.09. The highest BCUT2D eigenvalue weighted by Gasteiger charge is 2.13. The fourth-order valence-electron chi connectivity index (χ4n) is 1.57. The smallest absolute Gasteiger partial charge is 0.308 e. The molecule has 18 heavy (non-hydrogen) atoms. The molecule has 0 bridgehead atoms. The van der Waals surface area contributed by atoms with Crippen LogP contribution >= 0.6 is 0 Å². The first-order valence-corrected chi connectivity index (χ1v) is 5.24. The van der Waals surface area contributed by atoms with Crippen molar-refractivity contribution in [1.82, 2.24) is 9.97 Å². The van der Waals surface area contributed by atoms with Gasteiger partial charge < -0.3 is 15.8 Å². The maximum Gasteiger partial charge on any atom is 0.308 e. The highest BCUT2D eigenvalue weighted by molar-refractivity contribution is 5.72. The van der Waals surface area contributed by atoms with E-state index in [0.29, 0.717) is 11.4 Å². The van der Waals surface area contributed by atoms with Gasteiger partial charge in [-0.1, -0.05) is 30.3 Å². The first kappa shape index (κ1) is 11.8. The van der Waals surface area contributed by atoms with Crippen LogP contribution in [0.3, 0.4) is 0 Å². The van der Waals surface area contributed by atoms with E-state index in [9.17, 15) is 9.59 Å². The van der Waals surface area contributed by atoms with Crippen LogP contribution in [0.2, 0.25) is 0 Å². The van der Waals surface area contributed by atoms with E-state index in [1.807, 2.05) is 6.07 Å². The molecule has 0 aliphatic rings. The van der Waals surface area contributed by atoms with Gasteiger partial charge in [0, 0.05) is 5.56 Å². The number of anilines is 1. The molecule has 0 fully saturated rings. The number of nitrogens with one attached hydrogen (secondary N) is 1. The summed E-state index contributed by atoms with van der Waals surface area (Å²) < 4.78 is 0. The number of hydrogen-bond donors (Lipinski definition) is 3. The van der Waals surface area contributed by atoms with Crippen molar-refractivity contribution < 1.29 is 9.90 Å². The summed E-state index contributed by atoms with van der Waals surface area (Å²) in [4.78, 5) is 28.9. The van der Waals surface area contributed by atoms with Gasteiger partial charge in [-0.2, -0.15) is 0 Å². The van der Waals surface area contributed by atoms with E-state index in [0.717, 1.165) is 0 Å². The Morgan fingerprint density at radius 3 is 2.56 bits per heavy atom. The van der Waals surface area contributed by atoms with Crippen molar-refractivity contribution >= 4 is 11.8 Å². The highest BCUT2D eigenvalue weighted by atomic mass is 16.4. The summed E-state index contributed by atoms with van der Waals surface area (Å²) in [5, 5.41) is 8.67. The van der Waals surface area contributed by atoms with Gasteiger partial charge >= 0.3 is 5.97 Å². The third-order valence-electron chi connectivity index (χ3n) is 2.42. The van der Waals surface area contributed by atoms with Crippen molar-refractivity contribution in [3.8, 4) is 11.4 Å². The zero-order chi connectivity index (χ0) is 13.1. The van der Waals surface area contributed by atoms with Crippen molar-refractivity contribution in [3.63, 3.8) is 0 Å². The molecule has 0 atom stereocenters. The van der Waals surface area contributed by atoms with E-state index < -0.39 is 17.9 Å². The molecule has 2 aromatic rings. The van der Waals surface area contributed by atoms with Crippen molar-refractivity contribution in [2.24, 2.45) is 0 Å². The predicted molar refractivity (Wildman–Crippen MR) is 66.0 cm³/mol. The minimum absolute atomic E-state index is 0.0258. The molecule has 1 heterocycles. The summed E-state index contributed by atoms with van der Waals surface area (Å²) in [7, 11) is 0. The Morgan fingerprint density at radius 2 is 2.00 bits per heavy atom. The average molecular weight is 245 g/mol. The second-order valence-corrected chi connectivity index (χ2v) is 3.71. The van der Waals surface area contributed by atoms with Crippen LogP contribution in [0.15, 0.2) is 35.1 Å². The van der Waals surface area contributed by atoms with Gasteiger partial charge in [-0.3, -0.25) is 9.59 Å². The number of aromatic amines is 1. The molecule has 92 valence electrons. The molecule has 1 aromatic heterocycles. The summed E-state index contributed by atoms with van der Waals surface area (Å²) >= 11 is 0. The maximum atomic E-state index is 11.7. The lowest BCUT2D eigenvalue weighted by atomic mass is 10.2. The summed E-state index contributed by atoms with van der Waals surface area (Å²) in [5.74, 6) is -0.853. The molecule has 0 saturated heterocycles. The highest BCUT2D eigenvalue weighted by Crippen LogP contribution is 2.14. The first-order valence-electron chi connectivity index (χ1n) is 5.24. The Hall–Kier alpha value is -2.63. The van der Waals surface area contributed by atoms with E-state index in [2.05, 4.69) is 9.97 Å². The number of H-pyrrole nitrogens is 1. The van der Waals surface area contributed by atoms with Gasteiger partial charge in [-0.05, 0) is 0 Å². The number of aliphatic carboxylic acids is 1. The molecular formula is C12H11N3O3. The molecule has 0 radical (unpaired) electrons. The lowest BCUT2D eigenvalue weighted by Crippen LogP contribution is -2.21. The monoisotopic (exact) mass is 245 g/mol. The first-order chi connectivity index (χ1) is 8.58. The number of nitrogen functional groups attached to an aromatic ring is 1. The molecule has 0 saturated carbocycles. The van der Waals surface area contributed by atoms with Crippen molar-refractivity contribution in [2.45, 2.75) is 6.42 Å². The predicted octanol–water partition coefficient (Wildman–Crippen LogP) is 0.646. The van der Waals surface area contributed by atoms with Crippen LogP contribution in [-0.4, -0.2) is 21.0 Å². The average Bonchev–Trinajstić information content (AvgIpc) is 2.34. The Morgan fingerprint density at radius 1 is 1.33 bits per heavy atom. The van der Waals surface area contributed by atoms with E-state index in [1.165, 1.54) is 0 Å². The van der Waals surface area contributed by atoms with Crippen molar-refractivity contribution in [1.29, 1.82) is 0 Å². The van der Waals surface area contributed by atoms with E-state index >= 15 is 0 Å². The van der Waals surface area contributed by atoms with Crippen molar-refractivity contribution in [2.75, 3.05) is 5.73 Å². The van der Waals surface area contributed by atoms with Crippen LogP contribution in [0.1, 0.15) is 5.56 Å².